The first-order chi connectivity index (χ1) is 14.8. The number of rotatable bonds is 7. The number of benzene rings is 2. The highest BCUT2D eigenvalue weighted by Gasteiger charge is 2.33. The van der Waals surface area contributed by atoms with Crippen molar-refractivity contribution in [3.05, 3.63) is 67.6 Å². The minimum atomic E-state index is -0.449. The first-order valence-corrected chi connectivity index (χ1v) is 11.3. The average Bonchev–Trinajstić information content (AvgIpc) is 3.05. The molecule has 3 aromatic rings. The molecule has 1 aliphatic rings. The Morgan fingerprint density at radius 3 is 2.68 bits per heavy atom. The van der Waals surface area contributed by atoms with Crippen molar-refractivity contribution in [1.29, 1.82) is 0 Å². The molecule has 2 aromatic carbocycles. The fourth-order valence-electron chi connectivity index (χ4n) is 3.83. The van der Waals surface area contributed by atoms with Crippen molar-refractivity contribution in [3.8, 4) is 23.1 Å². The molecule has 0 saturated heterocycles. The third-order valence-electron chi connectivity index (χ3n) is 5.59. The Balaban J connectivity index is 1.39. The van der Waals surface area contributed by atoms with Gasteiger partial charge in [0.2, 0.25) is 5.88 Å². The number of aryl methyl sites for hydroxylation is 2. The number of hydrogen-bond donors (Lipinski definition) is 3. The lowest BCUT2D eigenvalue weighted by Crippen LogP contribution is -2.42. The van der Waals surface area contributed by atoms with Crippen molar-refractivity contribution in [2.45, 2.75) is 51.6 Å². The van der Waals surface area contributed by atoms with Gasteiger partial charge in [0.15, 0.2) is 0 Å². The zero-order valence-corrected chi connectivity index (χ0v) is 18.6. The van der Waals surface area contributed by atoms with Crippen LogP contribution < -0.4 is 14.3 Å². The second kappa shape index (κ2) is 8.67. The number of aromatic amines is 1. The lowest BCUT2D eigenvalue weighted by atomic mass is 9.91. The van der Waals surface area contributed by atoms with Gasteiger partial charge in [0, 0.05) is 6.42 Å². The van der Waals surface area contributed by atoms with Crippen molar-refractivity contribution in [3.63, 3.8) is 0 Å². The van der Waals surface area contributed by atoms with E-state index < -0.39 is 5.60 Å². The summed E-state index contributed by atoms with van der Waals surface area (Å²) in [5.41, 5.74) is 2.49. The fourth-order valence-corrected chi connectivity index (χ4v) is 4.59. The molecule has 0 radical (unpaired) electrons. The van der Waals surface area contributed by atoms with Crippen LogP contribution in [0.5, 0.6) is 23.1 Å². The molecule has 3 N–H and O–H groups in total. The number of ether oxygens (including phenoxy) is 2. The van der Waals surface area contributed by atoms with Gasteiger partial charge in [-0.3, -0.25) is 9.78 Å². The van der Waals surface area contributed by atoms with E-state index in [9.17, 15) is 15.0 Å². The molecule has 7 heteroatoms. The van der Waals surface area contributed by atoms with Crippen LogP contribution in [0, 0.1) is 0 Å². The zero-order chi connectivity index (χ0) is 22.0. The summed E-state index contributed by atoms with van der Waals surface area (Å²) in [7, 11) is 0. The predicted octanol–water partition coefficient (Wildman–Crippen LogP) is 4.55. The first kappa shape index (κ1) is 21.3. The van der Waals surface area contributed by atoms with Crippen LogP contribution in [0.4, 0.5) is 0 Å². The molecule has 0 bridgehead atoms. The van der Waals surface area contributed by atoms with Gasteiger partial charge < -0.3 is 19.7 Å². The van der Waals surface area contributed by atoms with E-state index in [0.717, 1.165) is 65.2 Å². The van der Waals surface area contributed by atoms with Crippen LogP contribution in [0.3, 0.4) is 0 Å². The summed E-state index contributed by atoms with van der Waals surface area (Å²) < 4.78 is 12.3. The topological polar surface area (TPSA) is 91.8 Å². The second-order valence-electron chi connectivity index (χ2n) is 8.29. The van der Waals surface area contributed by atoms with E-state index in [4.69, 9.17) is 9.47 Å². The molecule has 2 heterocycles. The van der Waals surface area contributed by atoms with Crippen LogP contribution in [0.2, 0.25) is 0 Å². The van der Waals surface area contributed by atoms with Crippen molar-refractivity contribution in [1.82, 2.24) is 4.98 Å². The van der Waals surface area contributed by atoms with Crippen LogP contribution in [0.15, 0.2) is 41.2 Å². The van der Waals surface area contributed by atoms with E-state index >= 15 is 0 Å². The molecule has 31 heavy (non-hydrogen) atoms. The molecular weight excluding hydrogens is 414 g/mol. The number of hydrogen-bond acceptors (Lipinski definition) is 6. The number of aromatic nitrogens is 1. The molecule has 4 rings (SSSR count). The van der Waals surface area contributed by atoms with E-state index in [1.807, 2.05) is 43.3 Å². The smallest absolute Gasteiger partial charge is 0.307 e. The quantitative estimate of drug-likeness (QED) is 0.500. The summed E-state index contributed by atoms with van der Waals surface area (Å²) in [6, 6.07) is 11.4. The molecule has 1 aromatic heterocycles. The van der Waals surface area contributed by atoms with E-state index in [1.165, 1.54) is 0 Å². The fraction of sp³-hybridized carbons (Fsp3) is 0.375. The van der Waals surface area contributed by atoms with Gasteiger partial charge in [-0.2, -0.15) is 0 Å². The maximum absolute atomic E-state index is 11.3. The van der Waals surface area contributed by atoms with Gasteiger partial charge >= 0.3 is 4.87 Å². The second-order valence-corrected chi connectivity index (χ2v) is 9.35. The Morgan fingerprint density at radius 1 is 1.23 bits per heavy atom. The number of nitrogens with one attached hydrogen (secondary N) is 1. The minimum Gasteiger partial charge on any atom is -0.508 e. The maximum Gasteiger partial charge on any atom is 0.307 e. The normalized spacial score (nSPS) is 17.7. The van der Waals surface area contributed by atoms with E-state index in [1.54, 1.807) is 0 Å². The zero-order valence-electron chi connectivity index (χ0n) is 17.7. The highest BCUT2D eigenvalue weighted by Crippen LogP contribution is 2.38. The Labute approximate surface area is 185 Å². The summed E-state index contributed by atoms with van der Waals surface area (Å²) in [4.78, 5) is 14.1. The number of thiazole rings is 1. The molecule has 164 valence electrons. The molecule has 0 spiro atoms. The molecular formula is C24H27NO5S. The largest absolute Gasteiger partial charge is 0.508 e. The van der Waals surface area contributed by atoms with Crippen LogP contribution in [-0.2, 0) is 19.3 Å². The van der Waals surface area contributed by atoms with Crippen LogP contribution in [-0.4, -0.2) is 27.4 Å². The molecule has 1 unspecified atom stereocenters. The monoisotopic (exact) mass is 441 g/mol. The summed E-state index contributed by atoms with van der Waals surface area (Å²) in [6.07, 6.45) is 3.90. The van der Waals surface area contributed by atoms with Crippen molar-refractivity contribution >= 4 is 11.3 Å². The SMILES string of the molecule is CCCc1cc2c(cc1O)CCC(C)(COc1ccc(Cc3sc(=O)[nH]c3O)cc1)O2. The molecule has 0 fully saturated rings. The van der Waals surface area contributed by atoms with E-state index in [2.05, 4.69) is 11.9 Å². The van der Waals surface area contributed by atoms with Gasteiger partial charge in [-0.05, 0) is 67.1 Å². The maximum atomic E-state index is 11.3. The number of aromatic hydroxyl groups is 2. The van der Waals surface area contributed by atoms with Gasteiger partial charge in [0.25, 0.3) is 0 Å². The summed E-state index contributed by atoms with van der Waals surface area (Å²) in [6.45, 7) is 4.55. The van der Waals surface area contributed by atoms with Gasteiger partial charge in [-0.1, -0.05) is 36.8 Å². The molecule has 6 nitrogen and oxygen atoms in total. The third-order valence-corrected chi connectivity index (χ3v) is 6.46. The summed E-state index contributed by atoms with van der Waals surface area (Å²) in [5, 5.41) is 19.9. The van der Waals surface area contributed by atoms with Crippen LogP contribution in [0.25, 0.3) is 0 Å². The predicted molar refractivity (Wildman–Crippen MR) is 121 cm³/mol. The lowest BCUT2D eigenvalue weighted by molar-refractivity contribution is 0.0174. The number of fused-ring (bicyclic) bond motifs is 1. The highest BCUT2D eigenvalue weighted by atomic mass is 32.1. The third kappa shape index (κ3) is 4.88. The molecule has 0 amide bonds. The highest BCUT2D eigenvalue weighted by molar-refractivity contribution is 7.09. The Kier molecular flexibility index (Phi) is 5.96. The molecule has 0 aliphatic carbocycles. The number of phenols is 1. The first-order valence-electron chi connectivity index (χ1n) is 10.5. The van der Waals surface area contributed by atoms with Gasteiger partial charge in [0.1, 0.15) is 29.5 Å². The Bertz CT molecular complexity index is 1120. The number of H-pyrrole nitrogens is 1. The van der Waals surface area contributed by atoms with Crippen LogP contribution in [0.1, 0.15) is 48.3 Å². The van der Waals surface area contributed by atoms with Crippen molar-refractivity contribution in [2.75, 3.05) is 6.61 Å². The summed E-state index contributed by atoms with van der Waals surface area (Å²) >= 11 is 1.02. The van der Waals surface area contributed by atoms with Gasteiger partial charge in [-0.15, -0.1) is 0 Å². The average molecular weight is 442 g/mol. The standard InChI is InChI=1S/C24H27NO5S/c1-3-4-16-13-20-17(12-19(16)26)9-10-24(2,30-20)14-29-18-7-5-15(6-8-18)11-21-22(27)25-23(28)31-21/h5-8,12-13,26-27H,3-4,9-11,14H2,1-2H3,(H,25,28). The molecule has 1 aliphatic heterocycles. The van der Waals surface area contributed by atoms with Crippen molar-refractivity contribution in [2.24, 2.45) is 0 Å². The Hall–Kier alpha value is -2.93. The van der Waals surface area contributed by atoms with E-state index in [0.29, 0.717) is 23.7 Å². The van der Waals surface area contributed by atoms with Gasteiger partial charge in [0.05, 0.1) is 4.88 Å². The molecule has 0 saturated carbocycles. The van der Waals surface area contributed by atoms with E-state index in [-0.39, 0.29) is 10.8 Å². The minimum absolute atomic E-state index is 0.0617. The Morgan fingerprint density at radius 2 is 2.00 bits per heavy atom. The van der Waals surface area contributed by atoms with Gasteiger partial charge in [-0.25, -0.2) is 0 Å². The van der Waals surface area contributed by atoms with Crippen molar-refractivity contribution < 1.29 is 19.7 Å². The van der Waals surface area contributed by atoms with Crippen LogP contribution >= 0.6 is 11.3 Å². The lowest BCUT2D eigenvalue weighted by Gasteiger charge is -2.36. The molecule has 1 atom stereocenters. The summed E-state index contributed by atoms with van der Waals surface area (Å²) in [5.74, 6) is 1.86. The number of phenolic OH excluding ortho intramolecular Hbond substituents is 1.